The lowest BCUT2D eigenvalue weighted by Crippen LogP contribution is -2.35. The number of hydrogen-bond acceptors (Lipinski definition) is 4. The zero-order valence-corrected chi connectivity index (χ0v) is 12.5. The highest BCUT2D eigenvalue weighted by molar-refractivity contribution is 5.43. The van der Waals surface area contributed by atoms with Gasteiger partial charge in [0.15, 0.2) is 0 Å². The fourth-order valence-electron chi connectivity index (χ4n) is 3.49. The highest BCUT2D eigenvalue weighted by atomic mass is 15.3. The Hall–Kier alpha value is -1.13. The molecular weight excluding hydrogens is 248 g/mol. The van der Waals surface area contributed by atoms with E-state index in [-0.39, 0.29) is 0 Å². The summed E-state index contributed by atoms with van der Waals surface area (Å²) < 4.78 is 0. The monoisotopic (exact) mass is 274 g/mol. The van der Waals surface area contributed by atoms with Crippen molar-refractivity contribution >= 4 is 5.82 Å². The molecule has 1 aromatic heterocycles. The van der Waals surface area contributed by atoms with Crippen LogP contribution in [0.15, 0.2) is 18.3 Å². The Morgan fingerprint density at radius 3 is 2.95 bits per heavy atom. The zero-order chi connectivity index (χ0) is 13.8. The van der Waals surface area contributed by atoms with Crippen LogP contribution in [-0.2, 0) is 6.54 Å². The molecule has 4 nitrogen and oxygen atoms in total. The molecule has 4 heteroatoms. The Kier molecular flexibility index (Phi) is 4.53. The molecule has 2 fully saturated rings. The molecule has 1 atom stereocenters. The maximum atomic E-state index is 4.46. The first-order valence-corrected chi connectivity index (χ1v) is 8.01. The Morgan fingerprint density at radius 1 is 1.30 bits per heavy atom. The van der Waals surface area contributed by atoms with E-state index in [1.54, 1.807) is 0 Å². The van der Waals surface area contributed by atoms with Crippen LogP contribution in [0.5, 0.6) is 0 Å². The molecule has 2 aliphatic heterocycles. The highest BCUT2D eigenvalue weighted by Crippen LogP contribution is 2.23. The van der Waals surface area contributed by atoms with Crippen molar-refractivity contribution in [2.75, 3.05) is 38.0 Å². The summed E-state index contributed by atoms with van der Waals surface area (Å²) in [6.45, 7) is 9.16. The topological polar surface area (TPSA) is 31.4 Å². The van der Waals surface area contributed by atoms with Crippen LogP contribution in [0.1, 0.15) is 31.7 Å². The summed E-state index contributed by atoms with van der Waals surface area (Å²) in [5.41, 5.74) is 1.33. The standard InChI is InChI=1S/C16H26N4/c1-2-17-16-14(6-5-8-18-16)12-19-11-7-15(13-19)20-9-3-4-10-20/h5-6,8,15H,2-4,7,9-13H2,1H3,(H,17,18). The second-order valence-corrected chi connectivity index (χ2v) is 5.96. The van der Waals surface area contributed by atoms with Crippen molar-refractivity contribution in [2.24, 2.45) is 0 Å². The third-order valence-electron chi connectivity index (χ3n) is 4.53. The van der Waals surface area contributed by atoms with Gasteiger partial charge in [0.1, 0.15) is 5.82 Å². The molecule has 1 aromatic rings. The molecular formula is C16H26N4. The summed E-state index contributed by atoms with van der Waals surface area (Å²) in [5.74, 6) is 1.06. The average Bonchev–Trinajstić information content (AvgIpc) is 3.12. The van der Waals surface area contributed by atoms with Crippen molar-refractivity contribution in [2.45, 2.75) is 38.8 Å². The van der Waals surface area contributed by atoms with E-state index in [1.165, 1.54) is 51.0 Å². The predicted octanol–water partition coefficient (Wildman–Crippen LogP) is 2.18. The molecule has 0 aliphatic carbocycles. The molecule has 3 rings (SSSR count). The van der Waals surface area contributed by atoms with Crippen LogP contribution in [0, 0.1) is 0 Å². The van der Waals surface area contributed by atoms with Gasteiger partial charge in [0.05, 0.1) is 0 Å². The van der Waals surface area contributed by atoms with Gasteiger partial charge in [-0.3, -0.25) is 9.80 Å². The Balaban J connectivity index is 1.58. The van der Waals surface area contributed by atoms with E-state index in [9.17, 15) is 0 Å². The van der Waals surface area contributed by atoms with E-state index in [1.807, 2.05) is 12.3 Å². The van der Waals surface area contributed by atoms with Crippen LogP contribution in [0.25, 0.3) is 0 Å². The lowest BCUT2D eigenvalue weighted by Gasteiger charge is -2.24. The fourth-order valence-corrected chi connectivity index (χ4v) is 3.49. The van der Waals surface area contributed by atoms with Crippen molar-refractivity contribution in [1.82, 2.24) is 14.8 Å². The van der Waals surface area contributed by atoms with Crippen LogP contribution < -0.4 is 5.32 Å². The SMILES string of the molecule is CCNc1ncccc1CN1CCC(N2CCCC2)C1. The van der Waals surface area contributed by atoms with Crippen LogP contribution in [-0.4, -0.2) is 53.5 Å². The number of aromatic nitrogens is 1. The second kappa shape index (κ2) is 6.55. The molecule has 0 amide bonds. The van der Waals surface area contributed by atoms with E-state index in [2.05, 4.69) is 33.1 Å². The van der Waals surface area contributed by atoms with Gasteiger partial charge >= 0.3 is 0 Å². The van der Waals surface area contributed by atoms with Gasteiger partial charge in [-0.05, 0) is 45.3 Å². The molecule has 0 saturated carbocycles. The molecule has 1 unspecified atom stereocenters. The summed E-state index contributed by atoms with van der Waals surface area (Å²) in [5, 5.41) is 3.37. The zero-order valence-electron chi connectivity index (χ0n) is 12.5. The van der Waals surface area contributed by atoms with Crippen molar-refractivity contribution in [3.05, 3.63) is 23.9 Å². The lowest BCUT2D eigenvalue weighted by atomic mass is 10.2. The second-order valence-electron chi connectivity index (χ2n) is 5.96. The summed E-state index contributed by atoms with van der Waals surface area (Å²) in [7, 11) is 0. The maximum Gasteiger partial charge on any atom is 0.130 e. The highest BCUT2D eigenvalue weighted by Gasteiger charge is 2.29. The smallest absolute Gasteiger partial charge is 0.130 e. The number of likely N-dealkylation sites (tertiary alicyclic amines) is 2. The molecule has 1 N–H and O–H groups in total. The third kappa shape index (κ3) is 3.13. The number of rotatable bonds is 5. The third-order valence-corrected chi connectivity index (χ3v) is 4.53. The van der Waals surface area contributed by atoms with E-state index in [0.717, 1.165) is 24.9 Å². The largest absolute Gasteiger partial charge is 0.370 e. The summed E-state index contributed by atoms with van der Waals surface area (Å²) in [6, 6.07) is 5.04. The van der Waals surface area contributed by atoms with E-state index < -0.39 is 0 Å². The molecule has 2 saturated heterocycles. The Labute approximate surface area is 122 Å². The van der Waals surface area contributed by atoms with E-state index in [4.69, 9.17) is 0 Å². The minimum absolute atomic E-state index is 0.789. The average molecular weight is 274 g/mol. The molecule has 0 bridgehead atoms. The molecule has 0 radical (unpaired) electrons. The van der Waals surface area contributed by atoms with Gasteiger partial charge in [0.2, 0.25) is 0 Å². The van der Waals surface area contributed by atoms with Gasteiger partial charge in [0.25, 0.3) is 0 Å². The quantitative estimate of drug-likeness (QED) is 0.892. The van der Waals surface area contributed by atoms with E-state index in [0.29, 0.717) is 0 Å². The number of anilines is 1. The fraction of sp³-hybridized carbons (Fsp3) is 0.688. The van der Waals surface area contributed by atoms with Crippen LogP contribution in [0.2, 0.25) is 0 Å². The molecule has 2 aliphatic rings. The predicted molar refractivity (Wildman–Crippen MR) is 82.9 cm³/mol. The van der Waals surface area contributed by atoms with Crippen molar-refractivity contribution in [3.8, 4) is 0 Å². The number of nitrogens with zero attached hydrogens (tertiary/aromatic N) is 3. The van der Waals surface area contributed by atoms with Gasteiger partial charge in [-0.1, -0.05) is 6.07 Å². The minimum atomic E-state index is 0.789. The summed E-state index contributed by atoms with van der Waals surface area (Å²) >= 11 is 0. The number of hydrogen-bond donors (Lipinski definition) is 1. The Bertz CT molecular complexity index is 428. The van der Waals surface area contributed by atoms with Gasteiger partial charge in [-0.15, -0.1) is 0 Å². The minimum Gasteiger partial charge on any atom is -0.370 e. The van der Waals surface area contributed by atoms with Gasteiger partial charge < -0.3 is 5.32 Å². The molecule has 0 spiro atoms. The molecule has 20 heavy (non-hydrogen) atoms. The molecule has 0 aromatic carbocycles. The number of nitrogens with one attached hydrogen (secondary N) is 1. The summed E-state index contributed by atoms with van der Waals surface area (Å²) in [6.07, 6.45) is 5.99. The Morgan fingerprint density at radius 2 is 2.15 bits per heavy atom. The molecule has 3 heterocycles. The van der Waals surface area contributed by atoms with E-state index >= 15 is 0 Å². The van der Waals surface area contributed by atoms with Crippen LogP contribution in [0.4, 0.5) is 5.82 Å². The van der Waals surface area contributed by atoms with Crippen molar-refractivity contribution in [1.29, 1.82) is 0 Å². The molecule has 110 valence electrons. The lowest BCUT2D eigenvalue weighted by molar-refractivity contribution is 0.230. The first kappa shape index (κ1) is 13.8. The van der Waals surface area contributed by atoms with Gasteiger partial charge in [-0.2, -0.15) is 0 Å². The van der Waals surface area contributed by atoms with Gasteiger partial charge in [-0.25, -0.2) is 4.98 Å². The van der Waals surface area contributed by atoms with Gasteiger partial charge in [0, 0.05) is 44.0 Å². The maximum absolute atomic E-state index is 4.46. The van der Waals surface area contributed by atoms with Crippen molar-refractivity contribution < 1.29 is 0 Å². The number of pyridine rings is 1. The van der Waals surface area contributed by atoms with Crippen LogP contribution >= 0.6 is 0 Å². The first-order chi connectivity index (χ1) is 9.86. The van der Waals surface area contributed by atoms with Crippen LogP contribution in [0.3, 0.4) is 0 Å². The summed E-state index contributed by atoms with van der Waals surface area (Å²) in [4.78, 5) is 9.73. The van der Waals surface area contributed by atoms with Crippen molar-refractivity contribution in [3.63, 3.8) is 0 Å². The first-order valence-electron chi connectivity index (χ1n) is 8.01. The normalized spacial score (nSPS) is 24.4.